The number of rotatable bonds is 7. The molecule has 9 heteroatoms. The fourth-order valence-electron chi connectivity index (χ4n) is 2.70. The summed E-state index contributed by atoms with van der Waals surface area (Å²) in [4.78, 5) is 12.7. The predicted octanol–water partition coefficient (Wildman–Crippen LogP) is 4.82. The third kappa shape index (κ3) is 6.21. The highest BCUT2D eigenvalue weighted by atomic mass is 35.5. The van der Waals surface area contributed by atoms with Gasteiger partial charge in [-0.25, -0.2) is 13.6 Å². The molecule has 3 aromatic carbocycles. The maximum Gasteiger partial charge on any atom is 0.259 e. The molecule has 0 aliphatic heterocycles. The number of carbonyl (C=O) groups excluding carboxylic acids is 1. The van der Waals surface area contributed by atoms with Crippen molar-refractivity contribution in [1.29, 1.82) is 0 Å². The molecule has 3 N–H and O–H groups in total. The van der Waals surface area contributed by atoms with Gasteiger partial charge < -0.3 is 14.8 Å². The number of carbonyl (C=O) groups is 1. The van der Waals surface area contributed by atoms with Gasteiger partial charge in [0.1, 0.15) is 17.2 Å². The molecule has 0 aliphatic carbocycles. The Morgan fingerprint density at radius 1 is 1.00 bits per heavy atom. The van der Waals surface area contributed by atoms with Crippen LogP contribution in [0.2, 0.25) is 5.02 Å². The first-order chi connectivity index (χ1) is 14.6. The Labute approximate surface area is 185 Å². The molecule has 0 aromatic heterocycles. The zero-order valence-electron chi connectivity index (χ0n) is 16.8. The van der Waals surface area contributed by atoms with E-state index in [4.69, 9.17) is 26.2 Å². The molecule has 0 saturated carbocycles. The van der Waals surface area contributed by atoms with Crippen molar-refractivity contribution in [3.63, 3.8) is 0 Å². The molecule has 0 radical (unpaired) electrons. The van der Waals surface area contributed by atoms with Crippen LogP contribution >= 0.6 is 11.6 Å². The molecule has 0 unspecified atom stereocenters. The van der Waals surface area contributed by atoms with Crippen LogP contribution in [-0.2, 0) is 10.0 Å². The molecule has 0 fully saturated rings. The van der Waals surface area contributed by atoms with Crippen molar-refractivity contribution in [1.82, 2.24) is 0 Å². The van der Waals surface area contributed by atoms with Gasteiger partial charge in [-0.3, -0.25) is 4.79 Å². The summed E-state index contributed by atoms with van der Waals surface area (Å²) in [7, 11) is -3.90. The lowest BCUT2D eigenvalue weighted by Crippen LogP contribution is -2.15. The van der Waals surface area contributed by atoms with Gasteiger partial charge >= 0.3 is 0 Å². The number of sulfonamides is 1. The van der Waals surface area contributed by atoms with Crippen molar-refractivity contribution < 1.29 is 22.7 Å². The average molecular weight is 461 g/mol. The van der Waals surface area contributed by atoms with E-state index in [1.54, 1.807) is 36.4 Å². The van der Waals surface area contributed by atoms with E-state index in [1.165, 1.54) is 30.3 Å². The number of amides is 1. The molecule has 162 valence electrons. The SMILES string of the molecule is CC(C)Oc1ccc(Oc2cc(Cl)ccc2C(=O)Nc2cccc(S(N)(=O)=O)c2)cc1. The Hall–Kier alpha value is -3.07. The van der Waals surface area contributed by atoms with E-state index in [9.17, 15) is 13.2 Å². The number of hydrogen-bond acceptors (Lipinski definition) is 5. The second-order valence-electron chi connectivity index (χ2n) is 6.91. The van der Waals surface area contributed by atoms with Crippen molar-refractivity contribution in [2.45, 2.75) is 24.8 Å². The highest BCUT2D eigenvalue weighted by molar-refractivity contribution is 7.89. The molecule has 7 nitrogen and oxygen atoms in total. The summed E-state index contributed by atoms with van der Waals surface area (Å²) >= 11 is 6.09. The van der Waals surface area contributed by atoms with Crippen LogP contribution in [-0.4, -0.2) is 20.4 Å². The van der Waals surface area contributed by atoms with Gasteiger partial charge in [0.05, 0.1) is 16.6 Å². The second-order valence-corrected chi connectivity index (χ2v) is 8.91. The largest absolute Gasteiger partial charge is 0.491 e. The van der Waals surface area contributed by atoms with Crippen LogP contribution in [0.15, 0.2) is 71.6 Å². The van der Waals surface area contributed by atoms with Gasteiger partial charge in [0.2, 0.25) is 10.0 Å². The van der Waals surface area contributed by atoms with Crippen LogP contribution in [0.3, 0.4) is 0 Å². The lowest BCUT2D eigenvalue weighted by molar-refractivity contribution is 0.102. The molecule has 0 saturated heterocycles. The standard InChI is InChI=1S/C22H21ClN2O5S/c1-14(2)29-17-7-9-18(10-8-17)30-21-12-15(23)6-11-20(21)22(26)25-16-4-3-5-19(13-16)31(24,27)28/h3-14H,1-2H3,(H,25,26)(H2,24,27,28). The third-order valence-electron chi connectivity index (χ3n) is 4.03. The lowest BCUT2D eigenvalue weighted by Gasteiger charge is -2.14. The summed E-state index contributed by atoms with van der Waals surface area (Å²) in [6.07, 6.45) is 0.0442. The van der Waals surface area contributed by atoms with Crippen LogP contribution in [0.4, 0.5) is 5.69 Å². The van der Waals surface area contributed by atoms with Crippen LogP contribution in [0, 0.1) is 0 Å². The monoisotopic (exact) mass is 460 g/mol. The Kier molecular flexibility index (Phi) is 6.84. The minimum Gasteiger partial charge on any atom is -0.491 e. The molecular formula is C22H21ClN2O5S. The van der Waals surface area contributed by atoms with Gasteiger partial charge in [0.15, 0.2) is 0 Å². The quantitative estimate of drug-likeness (QED) is 0.525. The second kappa shape index (κ2) is 9.38. The lowest BCUT2D eigenvalue weighted by atomic mass is 10.1. The van der Waals surface area contributed by atoms with Gasteiger partial charge in [-0.05, 0) is 68.4 Å². The van der Waals surface area contributed by atoms with E-state index < -0.39 is 15.9 Å². The smallest absolute Gasteiger partial charge is 0.259 e. The minimum absolute atomic E-state index is 0.0442. The van der Waals surface area contributed by atoms with E-state index >= 15 is 0 Å². The summed E-state index contributed by atoms with van der Waals surface area (Å²) in [5.41, 5.74) is 0.487. The molecule has 3 aromatic rings. The molecule has 0 spiro atoms. The Balaban J connectivity index is 1.83. The Morgan fingerprint density at radius 3 is 2.32 bits per heavy atom. The zero-order chi connectivity index (χ0) is 22.6. The molecular weight excluding hydrogens is 440 g/mol. The maximum atomic E-state index is 12.8. The maximum absolute atomic E-state index is 12.8. The van der Waals surface area contributed by atoms with Crippen LogP contribution in [0.1, 0.15) is 24.2 Å². The van der Waals surface area contributed by atoms with Gasteiger partial charge in [0, 0.05) is 16.8 Å². The Morgan fingerprint density at radius 2 is 1.68 bits per heavy atom. The van der Waals surface area contributed by atoms with Gasteiger partial charge in [0.25, 0.3) is 5.91 Å². The first-order valence-electron chi connectivity index (χ1n) is 9.30. The van der Waals surface area contributed by atoms with Gasteiger partial charge in [-0.15, -0.1) is 0 Å². The summed E-state index contributed by atoms with van der Waals surface area (Å²) < 4.78 is 34.6. The molecule has 0 heterocycles. The number of nitrogens with one attached hydrogen (secondary N) is 1. The molecule has 1 amide bonds. The molecule has 0 bridgehead atoms. The number of primary sulfonamides is 1. The number of anilines is 1. The molecule has 3 rings (SSSR count). The van der Waals surface area contributed by atoms with E-state index in [-0.39, 0.29) is 28.0 Å². The van der Waals surface area contributed by atoms with Crippen molar-refractivity contribution in [3.05, 3.63) is 77.3 Å². The summed E-state index contributed by atoms with van der Waals surface area (Å²) in [6, 6.07) is 17.2. The van der Waals surface area contributed by atoms with E-state index in [0.29, 0.717) is 16.5 Å². The number of ether oxygens (including phenoxy) is 2. The average Bonchev–Trinajstić information content (AvgIpc) is 2.69. The number of hydrogen-bond donors (Lipinski definition) is 2. The van der Waals surface area contributed by atoms with Gasteiger partial charge in [-0.2, -0.15) is 0 Å². The number of halogens is 1. The highest BCUT2D eigenvalue weighted by Crippen LogP contribution is 2.30. The van der Waals surface area contributed by atoms with Crippen molar-refractivity contribution in [3.8, 4) is 17.2 Å². The van der Waals surface area contributed by atoms with Crippen LogP contribution in [0.25, 0.3) is 0 Å². The predicted molar refractivity (Wildman–Crippen MR) is 120 cm³/mol. The Bertz CT molecular complexity index is 1190. The fraction of sp³-hybridized carbons (Fsp3) is 0.136. The fourth-order valence-corrected chi connectivity index (χ4v) is 3.42. The molecule has 31 heavy (non-hydrogen) atoms. The minimum atomic E-state index is -3.90. The number of benzene rings is 3. The highest BCUT2D eigenvalue weighted by Gasteiger charge is 2.16. The first kappa shape index (κ1) is 22.6. The summed E-state index contributed by atoms with van der Waals surface area (Å²) in [5.74, 6) is 0.924. The number of nitrogens with two attached hydrogens (primary N) is 1. The van der Waals surface area contributed by atoms with Crippen molar-refractivity contribution >= 4 is 33.2 Å². The topological polar surface area (TPSA) is 108 Å². The van der Waals surface area contributed by atoms with Crippen molar-refractivity contribution in [2.24, 2.45) is 5.14 Å². The molecule has 0 atom stereocenters. The normalized spacial score (nSPS) is 11.3. The third-order valence-corrected chi connectivity index (χ3v) is 5.18. The van der Waals surface area contributed by atoms with Crippen LogP contribution in [0.5, 0.6) is 17.2 Å². The van der Waals surface area contributed by atoms with Crippen LogP contribution < -0.4 is 19.9 Å². The van der Waals surface area contributed by atoms with E-state index in [1.807, 2.05) is 13.8 Å². The summed E-state index contributed by atoms with van der Waals surface area (Å²) in [6.45, 7) is 3.86. The zero-order valence-corrected chi connectivity index (χ0v) is 18.4. The first-order valence-corrected chi connectivity index (χ1v) is 11.2. The van der Waals surface area contributed by atoms with Gasteiger partial charge in [-0.1, -0.05) is 17.7 Å². The summed E-state index contributed by atoms with van der Waals surface area (Å²) in [5, 5.41) is 8.18. The van der Waals surface area contributed by atoms with Crippen molar-refractivity contribution in [2.75, 3.05) is 5.32 Å². The van der Waals surface area contributed by atoms with E-state index in [2.05, 4.69) is 5.32 Å². The molecule has 0 aliphatic rings. The van der Waals surface area contributed by atoms with E-state index in [0.717, 1.165) is 0 Å².